The van der Waals surface area contributed by atoms with Gasteiger partial charge >= 0.3 is 0 Å². The van der Waals surface area contributed by atoms with Crippen molar-refractivity contribution >= 4 is 5.91 Å². The van der Waals surface area contributed by atoms with E-state index in [0.29, 0.717) is 36.8 Å². The molecule has 3 aromatic rings. The van der Waals surface area contributed by atoms with Gasteiger partial charge in [0, 0.05) is 25.2 Å². The van der Waals surface area contributed by atoms with Crippen molar-refractivity contribution in [1.29, 1.82) is 0 Å². The number of carbonyl (C=O) groups is 1. The van der Waals surface area contributed by atoms with Crippen molar-refractivity contribution in [2.24, 2.45) is 7.05 Å². The van der Waals surface area contributed by atoms with Gasteiger partial charge in [0.05, 0.1) is 26.4 Å². The molecule has 0 aliphatic heterocycles. The number of aromatic nitrogens is 1. The molecule has 1 amide bonds. The smallest absolute Gasteiger partial charge is 0.258 e. The number of methoxy groups -OCH3 is 2. The van der Waals surface area contributed by atoms with Gasteiger partial charge in [-0.2, -0.15) is 0 Å². The second-order valence-electron chi connectivity index (χ2n) is 11.5. The minimum absolute atomic E-state index is 0.0862. The summed E-state index contributed by atoms with van der Waals surface area (Å²) in [4.78, 5) is 15.6. The van der Waals surface area contributed by atoms with E-state index in [0.717, 1.165) is 23.3 Å². The van der Waals surface area contributed by atoms with E-state index >= 15 is 0 Å². The number of amides is 1. The Morgan fingerprint density at radius 1 is 0.674 bits per heavy atom. The van der Waals surface area contributed by atoms with Crippen LogP contribution >= 0.6 is 0 Å². The Hall–Kier alpha value is -3.54. The molecule has 1 heterocycles. The monoisotopic (exact) mass is 589 g/mol. The maximum Gasteiger partial charge on any atom is 0.258 e. The van der Waals surface area contributed by atoms with Crippen LogP contribution in [0.25, 0.3) is 0 Å². The Bertz CT molecular complexity index is 1210. The van der Waals surface area contributed by atoms with Gasteiger partial charge in [-0.05, 0) is 41.8 Å². The first-order chi connectivity index (χ1) is 21.0. The van der Waals surface area contributed by atoms with Crippen LogP contribution in [-0.2, 0) is 20.1 Å². The molecule has 6 nitrogen and oxygen atoms in total. The Kier molecular flexibility index (Phi) is 15.5. The third-order valence-corrected chi connectivity index (χ3v) is 7.90. The van der Waals surface area contributed by atoms with Crippen LogP contribution in [0.3, 0.4) is 0 Å². The van der Waals surface area contributed by atoms with Crippen LogP contribution in [0.15, 0.2) is 67.0 Å². The average molecular weight is 590 g/mol. The minimum Gasteiger partial charge on any atom is -0.496 e. The van der Waals surface area contributed by atoms with E-state index < -0.39 is 0 Å². The number of benzene rings is 2. The summed E-state index contributed by atoms with van der Waals surface area (Å²) in [5.74, 6) is 1.91. The van der Waals surface area contributed by atoms with Gasteiger partial charge in [0.15, 0.2) is 23.9 Å². The van der Waals surface area contributed by atoms with Crippen molar-refractivity contribution in [3.63, 3.8) is 0 Å². The molecule has 0 saturated heterocycles. The maximum atomic E-state index is 13.8. The summed E-state index contributed by atoms with van der Waals surface area (Å²) in [6, 6.07) is 17.4. The second-order valence-corrected chi connectivity index (χ2v) is 11.5. The summed E-state index contributed by atoms with van der Waals surface area (Å²) in [6.07, 6.45) is 19.8. The zero-order valence-corrected chi connectivity index (χ0v) is 27.0. The molecule has 0 aliphatic carbocycles. The summed E-state index contributed by atoms with van der Waals surface area (Å²) in [5, 5.41) is 0. The summed E-state index contributed by atoms with van der Waals surface area (Å²) in [5.41, 5.74) is 2.57. The Balaban J connectivity index is 1.52. The van der Waals surface area contributed by atoms with Crippen molar-refractivity contribution in [2.75, 3.05) is 20.8 Å². The largest absolute Gasteiger partial charge is 0.496 e. The minimum atomic E-state index is -0.0862. The van der Waals surface area contributed by atoms with Crippen molar-refractivity contribution < 1.29 is 23.6 Å². The number of unbranched alkanes of at least 4 members (excludes halogenated alkanes) is 11. The molecular weight excluding hydrogens is 536 g/mol. The maximum absolute atomic E-state index is 13.8. The molecule has 2 aromatic carbocycles. The van der Waals surface area contributed by atoms with Gasteiger partial charge in [0.2, 0.25) is 0 Å². The lowest BCUT2D eigenvalue weighted by Crippen LogP contribution is -2.31. The van der Waals surface area contributed by atoms with Crippen molar-refractivity contribution in [3.05, 3.63) is 83.7 Å². The normalized spacial score (nSPS) is 10.9. The fraction of sp³-hybridized carbons (Fsp3) is 0.514. The van der Waals surface area contributed by atoms with E-state index in [2.05, 4.69) is 6.92 Å². The zero-order valence-electron chi connectivity index (χ0n) is 27.0. The lowest BCUT2D eigenvalue weighted by atomic mass is 10.1. The summed E-state index contributed by atoms with van der Waals surface area (Å²) < 4.78 is 19.3. The van der Waals surface area contributed by atoms with E-state index in [1.165, 1.54) is 70.6 Å². The van der Waals surface area contributed by atoms with Gasteiger partial charge in [-0.25, -0.2) is 4.57 Å². The van der Waals surface area contributed by atoms with Crippen LogP contribution in [0.5, 0.6) is 17.2 Å². The highest BCUT2D eigenvalue weighted by Gasteiger charge is 2.21. The van der Waals surface area contributed by atoms with E-state index in [4.69, 9.17) is 14.2 Å². The number of nitrogens with zero attached hydrogens (tertiary/aromatic N) is 2. The number of para-hydroxylation sites is 1. The number of aryl methyl sites for hydroxylation is 1. The number of hydrogen-bond acceptors (Lipinski definition) is 4. The predicted molar refractivity (Wildman–Crippen MR) is 174 cm³/mol. The standard InChI is InChI=1S/C37H53N2O4/c1-5-6-7-8-9-10-11-12-13-14-15-18-27-43-35-22-21-32(28-36(35)42-4)30-39(29-31-23-25-38(2)26-24-31)37(40)33-19-16-17-20-34(33)41-3/h16-17,19-26,28H,5-15,18,27,29-30H2,1-4H3/q+1. The zero-order chi connectivity index (χ0) is 30.7. The van der Waals surface area contributed by atoms with Crippen molar-refractivity contribution in [1.82, 2.24) is 4.90 Å². The van der Waals surface area contributed by atoms with Crippen LogP contribution in [0.2, 0.25) is 0 Å². The molecule has 0 spiro atoms. The Morgan fingerprint density at radius 2 is 1.26 bits per heavy atom. The highest BCUT2D eigenvalue weighted by atomic mass is 16.5. The summed E-state index contributed by atoms with van der Waals surface area (Å²) in [7, 11) is 5.24. The van der Waals surface area contributed by atoms with Crippen molar-refractivity contribution in [2.45, 2.75) is 97.1 Å². The molecule has 0 bridgehead atoms. The first-order valence-corrected chi connectivity index (χ1v) is 16.2. The summed E-state index contributed by atoms with van der Waals surface area (Å²) >= 11 is 0. The van der Waals surface area contributed by atoms with Gasteiger partial charge in [0.25, 0.3) is 5.91 Å². The number of ether oxygens (including phenoxy) is 3. The molecule has 3 rings (SSSR count). The average Bonchev–Trinajstić information content (AvgIpc) is 3.04. The van der Waals surface area contributed by atoms with Gasteiger partial charge in [-0.15, -0.1) is 0 Å². The molecule has 0 N–H and O–H groups in total. The van der Waals surface area contributed by atoms with Gasteiger partial charge < -0.3 is 19.1 Å². The number of pyridine rings is 1. The third kappa shape index (κ3) is 11.9. The lowest BCUT2D eigenvalue weighted by Gasteiger charge is -2.24. The SMILES string of the molecule is CCCCCCCCCCCCCCOc1ccc(CN(Cc2cc[n+](C)cc2)C(=O)c2ccccc2OC)cc1OC. The van der Waals surface area contributed by atoms with Crippen LogP contribution in [0.1, 0.15) is 105 Å². The lowest BCUT2D eigenvalue weighted by molar-refractivity contribution is -0.671. The fourth-order valence-corrected chi connectivity index (χ4v) is 5.32. The number of carbonyl (C=O) groups excluding carboxylic acids is 1. The van der Waals surface area contributed by atoms with Crippen LogP contribution in [0, 0.1) is 0 Å². The predicted octanol–water partition coefficient (Wildman–Crippen LogP) is 8.45. The van der Waals surface area contributed by atoms with Crippen LogP contribution in [-0.4, -0.2) is 31.6 Å². The highest BCUT2D eigenvalue weighted by molar-refractivity contribution is 5.96. The van der Waals surface area contributed by atoms with E-state index in [-0.39, 0.29) is 5.91 Å². The molecule has 43 heavy (non-hydrogen) atoms. The van der Waals surface area contributed by atoms with E-state index in [1.807, 2.05) is 83.5 Å². The molecule has 0 fully saturated rings. The molecular formula is C37H53N2O4+. The Morgan fingerprint density at radius 3 is 1.88 bits per heavy atom. The first kappa shape index (κ1) is 34.0. The molecule has 234 valence electrons. The molecule has 0 unspecified atom stereocenters. The number of hydrogen-bond donors (Lipinski definition) is 0. The molecule has 0 aliphatic rings. The first-order valence-electron chi connectivity index (χ1n) is 16.2. The second kappa shape index (κ2) is 19.6. The third-order valence-electron chi connectivity index (χ3n) is 7.90. The molecule has 0 saturated carbocycles. The van der Waals surface area contributed by atoms with Crippen molar-refractivity contribution in [3.8, 4) is 17.2 Å². The number of rotatable bonds is 21. The molecule has 6 heteroatoms. The van der Waals surface area contributed by atoms with E-state index in [1.54, 1.807) is 14.2 Å². The van der Waals surface area contributed by atoms with Crippen LogP contribution < -0.4 is 18.8 Å². The molecule has 0 atom stereocenters. The molecule has 1 aromatic heterocycles. The Labute approximate surface area is 260 Å². The molecule has 0 radical (unpaired) electrons. The fourth-order valence-electron chi connectivity index (χ4n) is 5.32. The van der Waals surface area contributed by atoms with Crippen LogP contribution in [0.4, 0.5) is 0 Å². The highest BCUT2D eigenvalue weighted by Crippen LogP contribution is 2.30. The quantitative estimate of drug-likeness (QED) is 0.0924. The van der Waals surface area contributed by atoms with Gasteiger partial charge in [-0.3, -0.25) is 4.79 Å². The van der Waals surface area contributed by atoms with Gasteiger partial charge in [0.1, 0.15) is 12.8 Å². The van der Waals surface area contributed by atoms with Gasteiger partial charge in [-0.1, -0.05) is 95.8 Å². The topological polar surface area (TPSA) is 51.9 Å². The van der Waals surface area contributed by atoms with E-state index in [9.17, 15) is 4.79 Å². The summed E-state index contributed by atoms with van der Waals surface area (Å²) in [6.45, 7) is 3.84.